The van der Waals surface area contributed by atoms with Crippen molar-refractivity contribution in [2.75, 3.05) is 26.0 Å². The molecule has 2 amide bonds. The lowest BCUT2D eigenvalue weighted by Crippen LogP contribution is -2.54. The van der Waals surface area contributed by atoms with Gasteiger partial charge in [-0.1, -0.05) is 79.9 Å². The molecule has 16 heteroatoms. The van der Waals surface area contributed by atoms with Crippen molar-refractivity contribution in [2.45, 2.75) is 132 Å². The van der Waals surface area contributed by atoms with E-state index in [2.05, 4.69) is 85.9 Å². The number of pyridine rings is 1. The van der Waals surface area contributed by atoms with Gasteiger partial charge in [-0.05, 0) is 135 Å². The van der Waals surface area contributed by atoms with E-state index < -0.39 is 52.7 Å². The number of rotatable bonds is 16. The Morgan fingerprint density at radius 1 is 0.957 bits per heavy atom. The molecule has 7 aliphatic rings. The molecule has 2 spiro atoms. The van der Waals surface area contributed by atoms with E-state index in [1.54, 1.807) is 7.05 Å². The first-order chi connectivity index (χ1) is 33.9. The monoisotopic (exact) mass is 974 g/mol. The number of hydrogen-bond donors (Lipinski definition) is 8. The summed E-state index contributed by atoms with van der Waals surface area (Å²) in [5, 5.41) is 43.8. The molecule has 0 radical (unpaired) electrons. The van der Waals surface area contributed by atoms with Gasteiger partial charge in [0.05, 0.1) is 5.25 Å². The highest BCUT2D eigenvalue weighted by molar-refractivity contribution is 8.00. The number of ether oxygens (including phenoxy) is 1. The number of esters is 1. The number of aliphatic hydroxyl groups excluding tert-OH is 1. The number of carbonyl (C=O) groups is 5. The molecule has 2 bridgehead atoms. The van der Waals surface area contributed by atoms with Crippen LogP contribution in [0.4, 0.5) is 0 Å². The van der Waals surface area contributed by atoms with Crippen molar-refractivity contribution in [1.29, 1.82) is 0 Å². The quantitative estimate of drug-likeness (QED) is 0.0490. The predicted molar refractivity (Wildman–Crippen MR) is 264 cm³/mol. The zero-order valence-electron chi connectivity index (χ0n) is 39.9. The molecule has 2 aromatic rings. The van der Waals surface area contributed by atoms with E-state index in [1.165, 1.54) is 34.0 Å². The molecule has 2 fully saturated rings. The molecule has 2 aliphatic heterocycles. The molecule has 372 valence electrons. The summed E-state index contributed by atoms with van der Waals surface area (Å²) in [5.74, 6) is 3.59. The number of aliphatic hydroxyl groups is 1. The third-order valence-electron chi connectivity index (χ3n) is 16.2. The number of hydrogen-bond acceptors (Lipinski definition) is 12. The van der Waals surface area contributed by atoms with Gasteiger partial charge in [-0.2, -0.15) is 0 Å². The topological polar surface area (TPSA) is 228 Å². The Labute approximate surface area is 413 Å². The normalized spacial score (nSPS) is 27.6. The number of fused-ring (bicyclic) bond motifs is 1. The molecular weight excluding hydrogens is 909 g/mol. The van der Waals surface area contributed by atoms with Gasteiger partial charge in [0.25, 0.3) is 0 Å². The molecule has 8 N–H and O–H groups in total. The third-order valence-corrected chi connectivity index (χ3v) is 17.8. The van der Waals surface area contributed by atoms with E-state index in [0.29, 0.717) is 18.6 Å². The molecule has 9 unspecified atom stereocenters. The van der Waals surface area contributed by atoms with Crippen molar-refractivity contribution in [2.24, 2.45) is 28.6 Å². The first kappa shape index (κ1) is 49.7. The number of nitrogens with one attached hydrogen (secondary N) is 5. The van der Waals surface area contributed by atoms with E-state index in [4.69, 9.17) is 4.74 Å². The molecule has 5 aliphatic carbocycles. The molecular formula is C54H66N6O9S. The minimum absolute atomic E-state index is 0.0518. The highest BCUT2D eigenvalue weighted by Gasteiger charge is 2.63. The summed E-state index contributed by atoms with van der Waals surface area (Å²) >= 11 is 1.43. The van der Waals surface area contributed by atoms with Crippen LogP contribution >= 0.6 is 11.8 Å². The number of nitrogens with zero attached hydrogens (tertiary/aromatic N) is 1. The summed E-state index contributed by atoms with van der Waals surface area (Å²) in [6, 6.07) is 8.02. The van der Waals surface area contributed by atoms with Crippen LogP contribution in [0.25, 0.3) is 6.08 Å². The van der Waals surface area contributed by atoms with Crippen molar-refractivity contribution in [3.05, 3.63) is 93.5 Å². The van der Waals surface area contributed by atoms with Gasteiger partial charge in [0, 0.05) is 49.3 Å². The fourth-order valence-electron chi connectivity index (χ4n) is 12.9. The lowest BCUT2D eigenvalue weighted by molar-refractivity contribution is -0.151. The second kappa shape index (κ2) is 21.6. The number of aromatic nitrogens is 1. The minimum atomic E-state index is -2.23. The molecule has 1 aromatic heterocycles. The Balaban J connectivity index is 1.18. The van der Waals surface area contributed by atoms with Gasteiger partial charge < -0.3 is 41.3 Å². The van der Waals surface area contributed by atoms with Gasteiger partial charge in [-0.3, -0.25) is 24.7 Å². The van der Waals surface area contributed by atoms with Crippen LogP contribution in [-0.2, 0) is 48.0 Å². The molecule has 9 rings (SSSR count). The second-order valence-electron chi connectivity index (χ2n) is 20.4. The lowest BCUT2D eigenvalue weighted by atomic mass is 9.56. The Kier molecular flexibility index (Phi) is 15.3. The summed E-state index contributed by atoms with van der Waals surface area (Å²) < 4.78 is 7.00. The molecule has 9 atom stereocenters. The van der Waals surface area contributed by atoms with E-state index in [-0.39, 0.29) is 60.4 Å². The van der Waals surface area contributed by atoms with Gasteiger partial charge in [0.2, 0.25) is 18.0 Å². The summed E-state index contributed by atoms with van der Waals surface area (Å²) in [7, 11) is 1.66. The highest BCUT2D eigenvalue weighted by Crippen LogP contribution is 2.62. The zero-order valence-corrected chi connectivity index (χ0v) is 40.7. The minimum Gasteiger partial charge on any atom is -0.480 e. The van der Waals surface area contributed by atoms with Gasteiger partial charge in [0.15, 0.2) is 5.41 Å². The van der Waals surface area contributed by atoms with Gasteiger partial charge >= 0.3 is 17.9 Å². The van der Waals surface area contributed by atoms with Crippen LogP contribution in [0.5, 0.6) is 0 Å². The maximum atomic E-state index is 15.9. The average Bonchev–Trinajstić information content (AvgIpc) is 3.87. The van der Waals surface area contributed by atoms with Crippen LogP contribution in [0, 0.1) is 40.4 Å². The Morgan fingerprint density at radius 2 is 1.74 bits per heavy atom. The SMILES string of the molecule is CNCNC(CCC(=O)NC(CSC1C2=C3C(CCCCCC14CCCC4)CC(Cc1ccncc1)=C1C4NCCC5C=Cc6cccc(c6CC54)CC#CC31C(=O)O2)C(=O)NC(O)C(=O)O)C(=O)O. The van der Waals surface area contributed by atoms with Crippen LogP contribution in [0.1, 0.15) is 106 Å². The fraction of sp³-hybridized carbons (Fsp3) is 0.556. The van der Waals surface area contributed by atoms with Crippen molar-refractivity contribution in [3.8, 4) is 11.8 Å². The van der Waals surface area contributed by atoms with Crippen LogP contribution in [0.3, 0.4) is 0 Å². The summed E-state index contributed by atoms with van der Waals surface area (Å²) in [5.41, 5.74) is 6.28. The Morgan fingerprint density at radius 3 is 2.50 bits per heavy atom. The first-order valence-corrected chi connectivity index (χ1v) is 26.3. The Hall–Kier alpha value is -5.31. The smallest absolute Gasteiger partial charge is 0.353 e. The zero-order chi connectivity index (χ0) is 49.0. The molecule has 1 saturated heterocycles. The number of allylic oxidation sites excluding steroid dienone is 2. The van der Waals surface area contributed by atoms with E-state index >= 15 is 4.79 Å². The van der Waals surface area contributed by atoms with E-state index in [9.17, 15) is 34.5 Å². The van der Waals surface area contributed by atoms with E-state index in [0.717, 1.165) is 100 Å². The summed E-state index contributed by atoms with van der Waals surface area (Å²) in [4.78, 5) is 71.7. The maximum Gasteiger partial charge on any atom is 0.353 e. The maximum absolute atomic E-state index is 15.9. The highest BCUT2D eigenvalue weighted by atomic mass is 32.2. The molecule has 1 aromatic carbocycles. The van der Waals surface area contributed by atoms with Crippen molar-refractivity contribution < 1.29 is 44.0 Å². The largest absolute Gasteiger partial charge is 0.480 e. The van der Waals surface area contributed by atoms with Crippen molar-refractivity contribution in [3.63, 3.8) is 0 Å². The molecule has 15 nitrogen and oxygen atoms in total. The van der Waals surface area contributed by atoms with Crippen LogP contribution < -0.4 is 26.6 Å². The van der Waals surface area contributed by atoms with Crippen molar-refractivity contribution in [1.82, 2.24) is 31.6 Å². The van der Waals surface area contributed by atoms with Crippen LogP contribution in [0.2, 0.25) is 0 Å². The number of amides is 2. The van der Waals surface area contributed by atoms with Gasteiger partial charge in [-0.25, -0.2) is 9.59 Å². The number of thioether (sulfide) groups is 1. The van der Waals surface area contributed by atoms with Gasteiger partial charge in [-0.15, -0.1) is 11.8 Å². The Bertz CT molecular complexity index is 2510. The number of piperidine rings is 1. The number of benzene rings is 1. The van der Waals surface area contributed by atoms with Gasteiger partial charge in [0.1, 0.15) is 17.8 Å². The van der Waals surface area contributed by atoms with Crippen LogP contribution in [0.15, 0.2) is 71.3 Å². The number of carboxylic acid groups (broad SMARTS) is 2. The van der Waals surface area contributed by atoms with E-state index in [1.807, 2.05) is 12.4 Å². The summed E-state index contributed by atoms with van der Waals surface area (Å²) in [6.45, 7) is 0.969. The van der Waals surface area contributed by atoms with Crippen LogP contribution in [-0.4, -0.2) is 106 Å². The number of aliphatic carboxylic acids is 2. The molecule has 3 heterocycles. The average molecular weight is 975 g/mol. The predicted octanol–water partition coefficient (Wildman–Crippen LogP) is 4.79. The molecule has 1 saturated carbocycles. The third kappa shape index (κ3) is 9.97. The fourth-order valence-corrected chi connectivity index (χ4v) is 14.6. The second-order valence-corrected chi connectivity index (χ2v) is 21.5. The molecule has 70 heavy (non-hydrogen) atoms. The number of carbonyl (C=O) groups excluding carboxylic acids is 3. The first-order valence-electron chi connectivity index (χ1n) is 25.3. The standard InChI is InChI=1S/C54H66N6O9S/c1-55-31-58-40(50(64)65)15-16-42(61)59-41(48(62)60-49(63)51(66)67)30-70-47-46-44-36(9-3-2-4-20-53(47)21-5-6-22-53)28-37(27-32-17-24-56-25-18-32)43-45-39-29-38-33(12-8-23-54(43,44)52(68)69-46)10-7-11-34(38)13-14-35(39)19-26-57-45/h7,10-11,13-14,17-18,24-25,35-36,39-41,45,47,49,55,57-58,63H,2-6,9,12,15-16,19-22,26-31H2,1H3,(H,59,61)(H,60,62)(H,64,65)(H,66,67). The lowest BCUT2D eigenvalue weighted by Gasteiger charge is -2.48. The number of carboxylic acids is 2. The van der Waals surface area contributed by atoms with Crippen molar-refractivity contribution >= 4 is 47.6 Å². The summed E-state index contributed by atoms with van der Waals surface area (Å²) in [6.07, 6.45) is 17.8.